The van der Waals surface area contributed by atoms with Crippen LogP contribution in [0.15, 0.2) is 53.7 Å². The molecule has 0 spiro atoms. The molecule has 1 saturated heterocycles. The molecule has 3 rings (SSSR count). The lowest BCUT2D eigenvalue weighted by molar-refractivity contribution is 0.169. The van der Waals surface area contributed by atoms with E-state index in [1.807, 2.05) is 12.1 Å². The van der Waals surface area contributed by atoms with Gasteiger partial charge in [-0.3, -0.25) is 9.88 Å². The van der Waals surface area contributed by atoms with Gasteiger partial charge in [0.1, 0.15) is 5.75 Å². The van der Waals surface area contributed by atoms with E-state index in [0.29, 0.717) is 18.2 Å². The van der Waals surface area contributed by atoms with Crippen LogP contribution in [0.4, 0.5) is 0 Å². The molecule has 1 fully saturated rings. The monoisotopic (exact) mass is 375 g/mol. The maximum Gasteiger partial charge on any atom is 0.240 e. The first kappa shape index (κ1) is 18.8. The minimum absolute atomic E-state index is 0.266. The zero-order chi connectivity index (χ0) is 18.4. The van der Waals surface area contributed by atoms with Crippen LogP contribution in [-0.2, 0) is 16.6 Å². The Kier molecular flexibility index (Phi) is 6.24. The van der Waals surface area contributed by atoms with Crippen molar-refractivity contribution in [2.24, 2.45) is 5.92 Å². The van der Waals surface area contributed by atoms with Crippen molar-refractivity contribution in [2.75, 3.05) is 26.7 Å². The summed E-state index contributed by atoms with van der Waals surface area (Å²) in [5, 5.41) is 0. The minimum Gasteiger partial charge on any atom is -0.497 e. The molecule has 6 nitrogen and oxygen atoms in total. The standard InChI is InChI=1S/C19H25N3O3S/c1-25-18-4-6-19(7-5-18)26(23,24)21-13-17-3-2-12-22(15-17)14-16-8-10-20-11-9-16/h4-11,17,21H,2-3,12-15H2,1H3. The number of sulfonamides is 1. The predicted octanol–water partition coefficient (Wildman–Crippen LogP) is 2.28. The van der Waals surface area contributed by atoms with Crippen LogP contribution in [-0.4, -0.2) is 45.0 Å². The molecule has 1 aromatic heterocycles. The second-order valence-corrected chi connectivity index (χ2v) is 8.39. The summed E-state index contributed by atoms with van der Waals surface area (Å²) in [7, 11) is -1.94. The fourth-order valence-corrected chi connectivity index (χ4v) is 4.39. The lowest BCUT2D eigenvalue weighted by Crippen LogP contribution is -2.40. The molecule has 0 amide bonds. The number of hydrogen-bond donors (Lipinski definition) is 1. The van der Waals surface area contributed by atoms with Crippen LogP contribution in [0.25, 0.3) is 0 Å². The molecule has 7 heteroatoms. The number of aromatic nitrogens is 1. The summed E-state index contributed by atoms with van der Waals surface area (Å²) in [6.45, 7) is 3.28. The van der Waals surface area contributed by atoms with Crippen LogP contribution in [0.3, 0.4) is 0 Å². The van der Waals surface area contributed by atoms with Gasteiger partial charge in [0.2, 0.25) is 10.0 Å². The maximum absolute atomic E-state index is 12.5. The number of rotatable bonds is 7. The van der Waals surface area contributed by atoms with Crippen molar-refractivity contribution < 1.29 is 13.2 Å². The van der Waals surface area contributed by atoms with E-state index in [1.54, 1.807) is 43.8 Å². The first-order valence-electron chi connectivity index (χ1n) is 8.82. The molecule has 2 heterocycles. The second kappa shape index (κ2) is 8.62. The average molecular weight is 375 g/mol. The van der Waals surface area contributed by atoms with Crippen LogP contribution in [0.2, 0.25) is 0 Å². The number of methoxy groups -OCH3 is 1. The predicted molar refractivity (Wildman–Crippen MR) is 100 cm³/mol. The normalized spacial score (nSPS) is 18.6. The van der Waals surface area contributed by atoms with Gasteiger partial charge in [0, 0.05) is 32.0 Å². The van der Waals surface area contributed by atoms with Gasteiger partial charge in [0.05, 0.1) is 12.0 Å². The third-order valence-corrected chi connectivity index (χ3v) is 6.13. The average Bonchev–Trinajstić information content (AvgIpc) is 2.68. The molecule has 0 aliphatic carbocycles. The minimum atomic E-state index is -3.49. The highest BCUT2D eigenvalue weighted by atomic mass is 32.2. The van der Waals surface area contributed by atoms with E-state index in [2.05, 4.69) is 14.6 Å². The number of nitrogens with one attached hydrogen (secondary N) is 1. The second-order valence-electron chi connectivity index (χ2n) is 6.63. The van der Waals surface area contributed by atoms with Crippen molar-refractivity contribution in [3.05, 3.63) is 54.4 Å². The molecule has 0 radical (unpaired) electrons. The summed E-state index contributed by atoms with van der Waals surface area (Å²) < 4.78 is 32.8. The fourth-order valence-electron chi connectivity index (χ4n) is 3.27. The van der Waals surface area contributed by atoms with Gasteiger partial charge in [0.15, 0.2) is 0 Å². The first-order valence-corrected chi connectivity index (χ1v) is 10.3. The first-order chi connectivity index (χ1) is 12.6. The van der Waals surface area contributed by atoms with Crippen molar-refractivity contribution in [2.45, 2.75) is 24.3 Å². The molecule has 26 heavy (non-hydrogen) atoms. The molecule has 0 bridgehead atoms. The highest BCUT2D eigenvalue weighted by Crippen LogP contribution is 2.19. The van der Waals surface area contributed by atoms with Crippen LogP contribution in [0.1, 0.15) is 18.4 Å². The Bertz CT molecular complexity index is 795. The van der Waals surface area contributed by atoms with E-state index < -0.39 is 10.0 Å². The zero-order valence-electron chi connectivity index (χ0n) is 15.0. The van der Waals surface area contributed by atoms with Gasteiger partial charge < -0.3 is 4.74 Å². The molecular formula is C19H25N3O3S. The van der Waals surface area contributed by atoms with Gasteiger partial charge in [-0.1, -0.05) is 0 Å². The number of pyridine rings is 1. The summed E-state index contributed by atoms with van der Waals surface area (Å²) >= 11 is 0. The molecule has 0 saturated carbocycles. The van der Waals surface area contributed by atoms with E-state index >= 15 is 0 Å². The number of hydrogen-bond acceptors (Lipinski definition) is 5. The quantitative estimate of drug-likeness (QED) is 0.804. The van der Waals surface area contributed by atoms with Crippen LogP contribution < -0.4 is 9.46 Å². The molecule has 1 unspecified atom stereocenters. The van der Waals surface area contributed by atoms with E-state index in [1.165, 1.54) is 5.56 Å². The van der Waals surface area contributed by atoms with Gasteiger partial charge in [-0.05, 0) is 67.3 Å². The third-order valence-electron chi connectivity index (χ3n) is 4.69. The van der Waals surface area contributed by atoms with Gasteiger partial charge in [-0.15, -0.1) is 0 Å². The van der Waals surface area contributed by atoms with Gasteiger partial charge in [-0.25, -0.2) is 13.1 Å². The van der Waals surface area contributed by atoms with Crippen molar-refractivity contribution >= 4 is 10.0 Å². The Morgan fingerprint density at radius 1 is 1.19 bits per heavy atom. The lowest BCUT2D eigenvalue weighted by Gasteiger charge is -2.32. The largest absolute Gasteiger partial charge is 0.497 e. The maximum atomic E-state index is 12.5. The van der Waals surface area contributed by atoms with Crippen LogP contribution >= 0.6 is 0 Å². The van der Waals surface area contributed by atoms with Crippen molar-refractivity contribution in [3.8, 4) is 5.75 Å². The number of likely N-dealkylation sites (tertiary alicyclic amines) is 1. The molecule has 2 aromatic rings. The SMILES string of the molecule is COc1ccc(S(=O)(=O)NCC2CCCN(Cc3ccncc3)C2)cc1. The van der Waals surface area contributed by atoms with E-state index in [9.17, 15) is 8.42 Å². The number of nitrogens with zero attached hydrogens (tertiary/aromatic N) is 2. The fraction of sp³-hybridized carbons (Fsp3) is 0.421. The number of piperidine rings is 1. The van der Waals surface area contributed by atoms with Crippen LogP contribution in [0.5, 0.6) is 5.75 Å². The smallest absolute Gasteiger partial charge is 0.240 e. The van der Waals surface area contributed by atoms with Crippen molar-refractivity contribution in [1.82, 2.24) is 14.6 Å². The van der Waals surface area contributed by atoms with Crippen LogP contribution in [0, 0.1) is 5.92 Å². The molecule has 1 aliphatic rings. The highest BCUT2D eigenvalue weighted by Gasteiger charge is 2.22. The van der Waals surface area contributed by atoms with Gasteiger partial charge >= 0.3 is 0 Å². The lowest BCUT2D eigenvalue weighted by atomic mass is 9.98. The third kappa shape index (κ3) is 5.03. The molecule has 1 aromatic carbocycles. The Hall–Kier alpha value is -1.96. The Morgan fingerprint density at radius 3 is 2.62 bits per heavy atom. The van der Waals surface area contributed by atoms with Crippen molar-refractivity contribution in [1.29, 1.82) is 0 Å². The zero-order valence-corrected chi connectivity index (χ0v) is 15.8. The van der Waals surface area contributed by atoms with Crippen molar-refractivity contribution in [3.63, 3.8) is 0 Å². The number of benzene rings is 1. The van der Waals surface area contributed by atoms with Gasteiger partial charge in [0.25, 0.3) is 0 Å². The Morgan fingerprint density at radius 2 is 1.92 bits per heavy atom. The summed E-state index contributed by atoms with van der Waals surface area (Å²) in [5.74, 6) is 0.960. The van der Waals surface area contributed by atoms with E-state index in [-0.39, 0.29) is 4.90 Å². The van der Waals surface area contributed by atoms with E-state index in [4.69, 9.17) is 4.74 Å². The summed E-state index contributed by atoms with van der Waals surface area (Å²) in [6.07, 6.45) is 5.73. The summed E-state index contributed by atoms with van der Waals surface area (Å²) in [4.78, 5) is 6.69. The Labute approximate surface area is 155 Å². The summed E-state index contributed by atoms with van der Waals surface area (Å²) in [5.41, 5.74) is 1.24. The van der Waals surface area contributed by atoms with E-state index in [0.717, 1.165) is 32.5 Å². The molecule has 1 N–H and O–H groups in total. The molecular weight excluding hydrogens is 350 g/mol. The molecule has 140 valence electrons. The molecule has 1 atom stereocenters. The Balaban J connectivity index is 1.54. The number of ether oxygens (including phenoxy) is 1. The highest BCUT2D eigenvalue weighted by molar-refractivity contribution is 7.89. The summed E-state index contributed by atoms with van der Waals surface area (Å²) in [6, 6.07) is 10.5. The van der Waals surface area contributed by atoms with Gasteiger partial charge in [-0.2, -0.15) is 0 Å². The molecule has 1 aliphatic heterocycles. The topological polar surface area (TPSA) is 71.5 Å².